The van der Waals surface area contributed by atoms with Gasteiger partial charge in [-0.1, -0.05) is 12.1 Å². The van der Waals surface area contributed by atoms with Crippen LogP contribution in [0.4, 0.5) is 5.69 Å². The fraction of sp³-hybridized carbons (Fsp3) is 0.357. The Bertz CT molecular complexity index is 735. The van der Waals surface area contributed by atoms with Gasteiger partial charge in [-0.2, -0.15) is 5.10 Å². The summed E-state index contributed by atoms with van der Waals surface area (Å²) >= 11 is 0. The smallest absolute Gasteiger partial charge is 0.262 e. The zero-order valence-corrected chi connectivity index (χ0v) is 13.2. The van der Waals surface area contributed by atoms with Crippen LogP contribution in [-0.4, -0.2) is 18.2 Å². The monoisotopic (exact) mass is 308 g/mol. The molecule has 114 valence electrons. The molecule has 0 amide bonds. The Morgan fingerprint density at radius 2 is 2.10 bits per heavy atom. The van der Waals surface area contributed by atoms with Gasteiger partial charge in [-0.3, -0.25) is 9.40 Å². The first-order valence-electron chi connectivity index (χ1n) is 6.70. The van der Waals surface area contributed by atoms with Crippen molar-refractivity contribution in [3.8, 4) is 0 Å². The minimum atomic E-state index is -3.63. The average molecular weight is 308 g/mol. The predicted molar refractivity (Wildman–Crippen MR) is 82.5 cm³/mol. The summed E-state index contributed by atoms with van der Waals surface area (Å²) < 4.78 is 29.1. The van der Waals surface area contributed by atoms with E-state index in [1.165, 1.54) is 6.20 Å². The summed E-state index contributed by atoms with van der Waals surface area (Å²) in [7, 11) is -3.63. The summed E-state index contributed by atoms with van der Waals surface area (Å²) in [6.07, 6.45) is 3.17. The van der Waals surface area contributed by atoms with Crippen molar-refractivity contribution in [3.05, 3.63) is 41.7 Å². The molecule has 2 aromatic rings. The van der Waals surface area contributed by atoms with Crippen molar-refractivity contribution in [2.75, 3.05) is 4.72 Å². The lowest BCUT2D eigenvalue weighted by atomic mass is 10.1. The average Bonchev–Trinajstić information content (AvgIpc) is 2.86. The SMILES string of the molecule is Cc1cc(CN)ccc1S(=O)(=O)Nc1cnn(C(C)C)c1. The lowest BCUT2D eigenvalue weighted by Crippen LogP contribution is -2.14. The maximum Gasteiger partial charge on any atom is 0.262 e. The van der Waals surface area contributed by atoms with Gasteiger partial charge in [0.25, 0.3) is 10.0 Å². The molecule has 1 aromatic carbocycles. The number of aromatic nitrogens is 2. The van der Waals surface area contributed by atoms with Crippen LogP contribution in [0.25, 0.3) is 0 Å². The van der Waals surface area contributed by atoms with Crippen molar-refractivity contribution in [2.24, 2.45) is 5.73 Å². The third-order valence-corrected chi connectivity index (χ3v) is 4.69. The Morgan fingerprint density at radius 3 is 2.62 bits per heavy atom. The number of benzene rings is 1. The molecule has 2 rings (SSSR count). The molecule has 0 unspecified atom stereocenters. The number of rotatable bonds is 5. The van der Waals surface area contributed by atoms with Gasteiger partial charge in [0.05, 0.1) is 16.8 Å². The molecule has 0 bridgehead atoms. The lowest BCUT2D eigenvalue weighted by Gasteiger charge is -2.10. The van der Waals surface area contributed by atoms with Gasteiger partial charge in [0.1, 0.15) is 0 Å². The van der Waals surface area contributed by atoms with Gasteiger partial charge in [-0.15, -0.1) is 0 Å². The van der Waals surface area contributed by atoms with Gasteiger partial charge in [0, 0.05) is 18.8 Å². The van der Waals surface area contributed by atoms with E-state index in [0.717, 1.165) is 5.56 Å². The Labute approximate surface area is 125 Å². The van der Waals surface area contributed by atoms with Crippen LogP contribution in [0.3, 0.4) is 0 Å². The minimum absolute atomic E-state index is 0.175. The first-order chi connectivity index (χ1) is 9.83. The summed E-state index contributed by atoms with van der Waals surface area (Å²) in [5.74, 6) is 0. The molecule has 0 radical (unpaired) electrons. The van der Waals surface area contributed by atoms with Crippen molar-refractivity contribution in [2.45, 2.75) is 38.3 Å². The number of nitrogens with one attached hydrogen (secondary N) is 1. The molecule has 0 aliphatic rings. The first-order valence-corrected chi connectivity index (χ1v) is 8.18. The van der Waals surface area contributed by atoms with E-state index < -0.39 is 10.0 Å². The third-order valence-electron chi connectivity index (χ3n) is 3.15. The Morgan fingerprint density at radius 1 is 1.38 bits per heavy atom. The third kappa shape index (κ3) is 3.43. The van der Waals surface area contributed by atoms with Crippen LogP contribution < -0.4 is 10.5 Å². The molecule has 1 heterocycles. The van der Waals surface area contributed by atoms with Gasteiger partial charge in [-0.25, -0.2) is 8.42 Å². The number of nitrogens with zero attached hydrogens (tertiary/aromatic N) is 2. The maximum atomic E-state index is 12.4. The zero-order chi connectivity index (χ0) is 15.6. The minimum Gasteiger partial charge on any atom is -0.326 e. The maximum absolute atomic E-state index is 12.4. The Kier molecular flexibility index (Phi) is 4.34. The first kappa shape index (κ1) is 15.5. The van der Waals surface area contributed by atoms with Crippen molar-refractivity contribution in [1.82, 2.24) is 9.78 Å². The van der Waals surface area contributed by atoms with Crippen molar-refractivity contribution < 1.29 is 8.42 Å². The van der Waals surface area contributed by atoms with E-state index in [0.29, 0.717) is 17.8 Å². The van der Waals surface area contributed by atoms with E-state index in [-0.39, 0.29) is 10.9 Å². The molecule has 0 atom stereocenters. The molecular formula is C14H20N4O2S. The number of sulfonamides is 1. The summed E-state index contributed by atoms with van der Waals surface area (Å²) in [5.41, 5.74) is 7.58. The topological polar surface area (TPSA) is 90.0 Å². The molecule has 0 saturated heterocycles. The van der Waals surface area contributed by atoms with Crippen LogP contribution in [0.1, 0.15) is 31.0 Å². The summed E-state index contributed by atoms with van der Waals surface area (Å²) in [6, 6.07) is 5.26. The fourth-order valence-electron chi connectivity index (χ4n) is 2.02. The van der Waals surface area contributed by atoms with Crippen molar-refractivity contribution >= 4 is 15.7 Å². The van der Waals surface area contributed by atoms with Crippen LogP contribution in [0, 0.1) is 6.92 Å². The van der Waals surface area contributed by atoms with E-state index in [1.807, 2.05) is 13.8 Å². The largest absolute Gasteiger partial charge is 0.326 e. The molecule has 0 aliphatic carbocycles. The normalized spacial score (nSPS) is 11.9. The van der Waals surface area contributed by atoms with Crippen LogP contribution in [0.15, 0.2) is 35.5 Å². The van der Waals surface area contributed by atoms with Crippen LogP contribution >= 0.6 is 0 Å². The highest BCUT2D eigenvalue weighted by Crippen LogP contribution is 2.20. The molecule has 0 aliphatic heterocycles. The summed E-state index contributed by atoms with van der Waals surface area (Å²) in [5, 5.41) is 4.12. The van der Waals surface area contributed by atoms with Crippen LogP contribution in [0.5, 0.6) is 0 Å². The summed E-state index contributed by atoms with van der Waals surface area (Å²) in [6.45, 7) is 6.09. The van der Waals surface area contributed by atoms with Gasteiger partial charge in [0.15, 0.2) is 0 Å². The molecule has 0 saturated carbocycles. The number of anilines is 1. The highest BCUT2D eigenvalue weighted by molar-refractivity contribution is 7.92. The van der Waals surface area contributed by atoms with Gasteiger partial charge in [0.2, 0.25) is 0 Å². The molecule has 6 nitrogen and oxygen atoms in total. The van der Waals surface area contributed by atoms with E-state index in [4.69, 9.17) is 5.73 Å². The van der Waals surface area contributed by atoms with Gasteiger partial charge in [-0.05, 0) is 38.0 Å². The lowest BCUT2D eigenvalue weighted by molar-refractivity contribution is 0.532. The van der Waals surface area contributed by atoms with Crippen molar-refractivity contribution in [1.29, 1.82) is 0 Å². The second-order valence-electron chi connectivity index (χ2n) is 5.21. The molecule has 0 fully saturated rings. The fourth-order valence-corrected chi connectivity index (χ4v) is 3.28. The van der Waals surface area contributed by atoms with E-state index in [2.05, 4.69) is 9.82 Å². The van der Waals surface area contributed by atoms with E-state index in [1.54, 1.807) is 36.0 Å². The second kappa shape index (κ2) is 5.87. The number of hydrogen-bond donors (Lipinski definition) is 2. The quantitative estimate of drug-likeness (QED) is 0.884. The molecule has 3 N–H and O–H groups in total. The second-order valence-corrected chi connectivity index (χ2v) is 6.86. The number of aryl methyl sites for hydroxylation is 1. The van der Waals surface area contributed by atoms with Crippen molar-refractivity contribution in [3.63, 3.8) is 0 Å². The standard InChI is InChI=1S/C14H20N4O2S/c1-10(2)18-9-13(8-16-18)17-21(19,20)14-5-4-12(7-15)6-11(14)3/h4-6,8-10,17H,7,15H2,1-3H3. The van der Waals surface area contributed by atoms with E-state index in [9.17, 15) is 8.42 Å². The Balaban J connectivity index is 2.29. The number of hydrogen-bond acceptors (Lipinski definition) is 4. The molecular weight excluding hydrogens is 288 g/mol. The molecule has 21 heavy (non-hydrogen) atoms. The highest BCUT2D eigenvalue weighted by Gasteiger charge is 2.18. The van der Waals surface area contributed by atoms with Gasteiger partial charge < -0.3 is 5.73 Å². The highest BCUT2D eigenvalue weighted by atomic mass is 32.2. The molecule has 7 heteroatoms. The summed E-state index contributed by atoms with van der Waals surface area (Å²) in [4.78, 5) is 0.247. The zero-order valence-electron chi connectivity index (χ0n) is 12.4. The van der Waals surface area contributed by atoms with E-state index >= 15 is 0 Å². The Hall–Kier alpha value is -1.86. The predicted octanol–water partition coefficient (Wildman–Crippen LogP) is 2.03. The number of nitrogens with two attached hydrogens (primary N) is 1. The van der Waals surface area contributed by atoms with Gasteiger partial charge >= 0.3 is 0 Å². The molecule has 0 spiro atoms. The molecule has 1 aromatic heterocycles. The van der Waals surface area contributed by atoms with Crippen LogP contribution in [0.2, 0.25) is 0 Å². The van der Waals surface area contributed by atoms with Crippen LogP contribution in [-0.2, 0) is 16.6 Å².